The van der Waals surface area contributed by atoms with Crippen LogP contribution in [0.4, 0.5) is 6.01 Å². The van der Waals surface area contributed by atoms with Crippen LogP contribution in [0.5, 0.6) is 0 Å². The molecule has 22 heavy (non-hydrogen) atoms. The van der Waals surface area contributed by atoms with Crippen LogP contribution in [-0.2, 0) is 10.3 Å². The Hall–Kier alpha value is -2.66. The SMILES string of the molecule is Cc1ccc2oc(NC(=O)[C@](C)(N)c3ccccc3)nc2c1. The second-order valence-corrected chi connectivity index (χ2v) is 5.51. The minimum atomic E-state index is -1.17. The van der Waals surface area contributed by atoms with Crippen LogP contribution < -0.4 is 11.1 Å². The number of aryl methyl sites for hydroxylation is 1. The molecule has 0 spiro atoms. The van der Waals surface area contributed by atoms with Gasteiger partial charge in [0.05, 0.1) is 0 Å². The second kappa shape index (κ2) is 5.27. The van der Waals surface area contributed by atoms with E-state index in [0.29, 0.717) is 11.1 Å². The van der Waals surface area contributed by atoms with E-state index in [-0.39, 0.29) is 11.9 Å². The first-order chi connectivity index (χ1) is 10.5. The van der Waals surface area contributed by atoms with Gasteiger partial charge in [0.2, 0.25) is 0 Å². The number of amides is 1. The van der Waals surface area contributed by atoms with Crippen LogP contribution in [0.2, 0.25) is 0 Å². The first kappa shape index (κ1) is 14.3. The summed E-state index contributed by atoms with van der Waals surface area (Å²) in [6, 6.07) is 15.0. The molecule has 3 rings (SSSR count). The Labute approximate surface area is 128 Å². The molecule has 1 amide bonds. The molecule has 0 aliphatic heterocycles. The largest absolute Gasteiger partial charge is 0.423 e. The van der Waals surface area contributed by atoms with Crippen molar-refractivity contribution in [2.45, 2.75) is 19.4 Å². The molecule has 3 aromatic rings. The summed E-state index contributed by atoms with van der Waals surface area (Å²) in [6.07, 6.45) is 0. The average molecular weight is 295 g/mol. The van der Waals surface area contributed by atoms with Gasteiger partial charge in [0.1, 0.15) is 11.1 Å². The number of rotatable bonds is 3. The fraction of sp³-hybridized carbons (Fsp3) is 0.176. The molecule has 0 saturated heterocycles. The standard InChI is InChI=1S/C17H17N3O2/c1-11-8-9-14-13(10-11)19-16(22-14)20-15(21)17(2,18)12-6-4-3-5-7-12/h3-10H,18H2,1-2H3,(H,19,20,21)/t17-/m1/s1. The molecule has 0 aliphatic carbocycles. The van der Waals surface area contributed by atoms with E-state index >= 15 is 0 Å². The van der Waals surface area contributed by atoms with Crippen molar-refractivity contribution in [1.29, 1.82) is 0 Å². The van der Waals surface area contributed by atoms with Crippen molar-refractivity contribution in [3.63, 3.8) is 0 Å². The van der Waals surface area contributed by atoms with Gasteiger partial charge in [-0.3, -0.25) is 10.1 Å². The number of aromatic nitrogens is 1. The third-order valence-corrected chi connectivity index (χ3v) is 3.61. The summed E-state index contributed by atoms with van der Waals surface area (Å²) in [5, 5.41) is 2.65. The van der Waals surface area contributed by atoms with Gasteiger partial charge >= 0.3 is 6.01 Å². The summed E-state index contributed by atoms with van der Waals surface area (Å²) < 4.78 is 5.53. The fourth-order valence-electron chi connectivity index (χ4n) is 2.23. The van der Waals surface area contributed by atoms with E-state index in [1.54, 1.807) is 6.92 Å². The molecule has 0 bridgehead atoms. The average Bonchev–Trinajstić information content (AvgIpc) is 2.89. The van der Waals surface area contributed by atoms with Crippen LogP contribution in [0.1, 0.15) is 18.1 Å². The monoisotopic (exact) mass is 295 g/mol. The lowest BCUT2D eigenvalue weighted by Gasteiger charge is -2.22. The Balaban J connectivity index is 1.86. The van der Waals surface area contributed by atoms with Crippen molar-refractivity contribution < 1.29 is 9.21 Å². The van der Waals surface area contributed by atoms with Crippen LogP contribution >= 0.6 is 0 Å². The number of anilines is 1. The number of benzene rings is 2. The van der Waals surface area contributed by atoms with Gasteiger partial charge in [0.25, 0.3) is 5.91 Å². The van der Waals surface area contributed by atoms with Gasteiger partial charge in [-0.05, 0) is 37.1 Å². The minimum absolute atomic E-state index is 0.151. The van der Waals surface area contributed by atoms with Crippen LogP contribution in [0.3, 0.4) is 0 Å². The number of nitrogens with zero attached hydrogens (tertiary/aromatic N) is 1. The third-order valence-electron chi connectivity index (χ3n) is 3.61. The van der Waals surface area contributed by atoms with Gasteiger partial charge in [-0.25, -0.2) is 0 Å². The summed E-state index contributed by atoms with van der Waals surface area (Å²) in [7, 11) is 0. The van der Waals surface area contributed by atoms with E-state index < -0.39 is 5.54 Å². The molecule has 0 fully saturated rings. The molecule has 1 aromatic heterocycles. The number of hydrogen-bond acceptors (Lipinski definition) is 4. The molecule has 0 aliphatic rings. The lowest BCUT2D eigenvalue weighted by molar-refractivity contribution is -0.121. The second-order valence-electron chi connectivity index (χ2n) is 5.51. The van der Waals surface area contributed by atoms with E-state index in [1.807, 2.05) is 55.5 Å². The molecule has 5 heteroatoms. The molecule has 5 nitrogen and oxygen atoms in total. The summed E-state index contributed by atoms with van der Waals surface area (Å²) >= 11 is 0. The van der Waals surface area contributed by atoms with E-state index in [1.165, 1.54) is 0 Å². The van der Waals surface area contributed by atoms with Crippen molar-refractivity contribution >= 4 is 23.0 Å². The van der Waals surface area contributed by atoms with E-state index in [0.717, 1.165) is 11.1 Å². The van der Waals surface area contributed by atoms with Crippen LogP contribution in [0.15, 0.2) is 52.9 Å². The Morgan fingerprint density at radius 3 is 2.68 bits per heavy atom. The number of hydrogen-bond donors (Lipinski definition) is 2. The van der Waals surface area contributed by atoms with Gasteiger partial charge in [-0.15, -0.1) is 0 Å². The lowest BCUT2D eigenvalue weighted by Crippen LogP contribution is -2.45. The normalized spacial score (nSPS) is 13.8. The number of carbonyl (C=O) groups is 1. The van der Waals surface area contributed by atoms with Crippen molar-refractivity contribution in [3.05, 3.63) is 59.7 Å². The zero-order valence-electron chi connectivity index (χ0n) is 12.5. The summed E-state index contributed by atoms with van der Waals surface area (Å²) in [5.74, 6) is -0.373. The lowest BCUT2D eigenvalue weighted by atomic mass is 9.92. The molecule has 0 radical (unpaired) electrons. The molecule has 3 N–H and O–H groups in total. The van der Waals surface area contributed by atoms with E-state index in [2.05, 4.69) is 10.3 Å². The van der Waals surface area contributed by atoms with Gasteiger partial charge < -0.3 is 10.2 Å². The zero-order chi connectivity index (χ0) is 15.7. The highest BCUT2D eigenvalue weighted by atomic mass is 16.4. The molecule has 2 aromatic carbocycles. The van der Waals surface area contributed by atoms with Crippen molar-refractivity contribution in [2.24, 2.45) is 5.73 Å². The first-order valence-electron chi connectivity index (χ1n) is 7.00. The van der Waals surface area contributed by atoms with E-state index in [9.17, 15) is 4.79 Å². The topological polar surface area (TPSA) is 81.2 Å². The van der Waals surface area contributed by atoms with Crippen molar-refractivity contribution in [2.75, 3.05) is 5.32 Å². The zero-order valence-corrected chi connectivity index (χ0v) is 12.5. The summed E-state index contributed by atoms with van der Waals surface area (Å²) in [6.45, 7) is 3.63. The fourth-order valence-corrected chi connectivity index (χ4v) is 2.23. The van der Waals surface area contributed by atoms with Gasteiger partial charge in [-0.2, -0.15) is 4.98 Å². The predicted octanol–water partition coefficient (Wildman–Crippen LogP) is 2.95. The molecule has 112 valence electrons. The first-order valence-corrected chi connectivity index (χ1v) is 7.00. The van der Waals surface area contributed by atoms with Crippen molar-refractivity contribution in [1.82, 2.24) is 4.98 Å². The van der Waals surface area contributed by atoms with Crippen LogP contribution in [0.25, 0.3) is 11.1 Å². The molecule has 0 unspecified atom stereocenters. The Morgan fingerprint density at radius 2 is 1.95 bits per heavy atom. The number of nitrogens with two attached hydrogens (primary N) is 1. The minimum Gasteiger partial charge on any atom is -0.423 e. The smallest absolute Gasteiger partial charge is 0.302 e. The van der Waals surface area contributed by atoms with Crippen molar-refractivity contribution in [3.8, 4) is 0 Å². The number of nitrogens with one attached hydrogen (secondary N) is 1. The third kappa shape index (κ3) is 2.58. The number of carbonyl (C=O) groups excluding carboxylic acids is 1. The predicted molar refractivity (Wildman–Crippen MR) is 85.4 cm³/mol. The van der Waals surface area contributed by atoms with E-state index in [4.69, 9.17) is 10.2 Å². The maximum atomic E-state index is 12.4. The van der Waals surface area contributed by atoms with Crippen LogP contribution in [-0.4, -0.2) is 10.9 Å². The number of fused-ring (bicyclic) bond motifs is 1. The Bertz CT molecular complexity index is 822. The maximum absolute atomic E-state index is 12.4. The molecular weight excluding hydrogens is 278 g/mol. The maximum Gasteiger partial charge on any atom is 0.302 e. The molecule has 1 heterocycles. The van der Waals surface area contributed by atoms with Crippen LogP contribution in [0, 0.1) is 6.92 Å². The van der Waals surface area contributed by atoms with Gasteiger partial charge in [0, 0.05) is 0 Å². The Kier molecular flexibility index (Phi) is 3.42. The molecule has 0 saturated carbocycles. The highest BCUT2D eigenvalue weighted by Crippen LogP contribution is 2.23. The highest BCUT2D eigenvalue weighted by molar-refractivity contribution is 5.97. The highest BCUT2D eigenvalue weighted by Gasteiger charge is 2.31. The summed E-state index contributed by atoms with van der Waals surface area (Å²) in [5.41, 5.74) is 8.12. The van der Waals surface area contributed by atoms with Gasteiger partial charge in [0.15, 0.2) is 5.58 Å². The summed E-state index contributed by atoms with van der Waals surface area (Å²) in [4.78, 5) is 16.7. The molecular formula is C17H17N3O2. The quantitative estimate of drug-likeness (QED) is 0.778. The Morgan fingerprint density at radius 1 is 1.23 bits per heavy atom. The number of oxazole rings is 1. The van der Waals surface area contributed by atoms with Gasteiger partial charge in [-0.1, -0.05) is 36.4 Å². The molecule has 1 atom stereocenters.